The zero-order valence-electron chi connectivity index (χ0n) is 20.4. The fraction of sp³-hybridized carbons (Fsp3) is 0.741. The Morgan fingerprint density at radius 2 is 1.79 bits per heavy atom. The first-order valence-electron chi connectivity index (χ1n) is 13.3. The number of carbonyl (C=O) groups excluding carboxylic acids is 1. The lowest BCUT2D eigenvalue weighted by atomic mass is 9.77. The molecule has 0 N–H and O–H groups in total. The first kappa shape index (κ1) is 23.7. The second-order valence-electron chi connectivity index (χ2n) is 10.9. The highest BCUT2D eigenvalue weighted by Crippen LogP contribution is 2.37. The number of piperidine rings is 2. The number of pyridine rings is 1. The molecule has 4 fully saturated rings. The van der Waals surface area contributed by atoms with Gasteiger partial charge in [0.15, 0.2) is 0 Å². The second-order valence-corrected chi connectivity index (χ2v) is 10.9. The van der Waals surface area contributed by atoms with Gasteiger partial charge in [-0.1, -0.05) is 0 Å². The van der Waals surface area contributed by atoms with Crippen LogP contribution in [-0.4, -0.2) is 84.1 Å². The minimum Gasteiger partial charge on any atom is -0.375 e. The van der Waals surface area contributed by atoms with E-state index >= 15 is 0 Å². The van der Waals surface area contributed by atoms with Gasteiger partial charge < -0.3 is 9.64 Å². The molecule has 1 aliphatic carbocycles. The van der Waals surface area contributed by atoms with Crippen molar-refractivity contribution in [2.45, 2.75) is 57.6 Å². The maximum atomic E-state index is 13.4. The van der Waals surface area contributed by atoms with Crippen LogP contribution < -0.4 is 0 Å². The van der Waals surface area contributed by atoms with Gasteiger partial charge in [-0.2, -0.15) is 5.26 Å². The number of ether oxygens (including phenoxy) is 1. The third-order valence-corrected chi connectivity index (χ3v) is 8.57. The monoisotopic (exact) mass is 465 g/mol. The fourth-order valence-corrected chi connectivity index (χ4v) is 5.99. The maximum Gasteiger partial charge on any atom is 0.243 e. The van der Waals surface area contributed by atoms with E-state index in [0.717, 1.165) is 77.7 Å². The number of aromatic nitrogens is 1. The maximum absolute atomic E-state index is 13.4. The molecular formula is C27H39N5O2. The van der Waals surface area contributed by atoms with E-state index in [2.05, 4.69) is 20.9 Å². The Morgan fingerprint density at radius 3 is 2.47 bits per heavy atom. The quantitative estimate of drug-likeness (QED) is 0.617. The second kappa shape index (κ2) is 10.7. The van der Waals surface area contributed by atoms with Gasteiger partial charge in [0.2, 0.25) is 5.91 Å². The lowest BCUT2D eigenvalue weighted by Gasteiger charge is -2.41. The topological polar surface area (TPSA) is 72.7 Å². The van der Waals surface area contributed by atoms with Crippen LogP contribution in [0.5, 0.6) is 0 Å². The SMILES string of the molecule is N#CC1(C(=O)N2CCC(CCN3CCOC(C4CC4)C3)CC2)CCN(Cc2ccncc2)CC1. The summed E-state index contributed by atoms with van der Waals surface area (Å²) in [6.45, 7) is 8.25. The normalized spacial score (nSPS) is 26.8. The molecule has 1 amide bonds. The number of likely N-dealkylation sites (tertiary alicyclic amines) is 2. The molecule has 184 valence electrons. The van der Waals surface area contributed by atoms with Crippen LogP contribution in [0.1, 0.15) is 50.5 Å². The molecule has 1 atom stereocenters. The third kappa shape index (κ3) is 5.62. The Kier molecular flexibility index (Phi) is 7.48. The van der Waals surface area contributed by atoms with Crippen molar-refractivity contribution in [2.24, 2.45) is 17.3 Å². The van der Waals surface area contributed by atoms with E-state index < -0.39 is 5.41 Å². The number of hydrogen-bond acceptors (Lipinski definition) is 6. The summed E-state index contributed by atoms with van der Waals surface area (Å²) in [5, 5.41) is 10.0. The van der Waals surface area contributed by atoms with Crippen molar-refractivity contribution in [2.75, 3.05) is 52.4 Å². The third-order valence-electron chi connectivity index (χ3n) is 8.57. The molecular weight excluding hydrogens is 426 g/mol. The standard InChI is InChI=1S/C27H39N5O2/c28-21-27(8-15-31(16-9-27)19-23-3-10-29-11-4-23)26(33)32-13-6-22(7-14-32)5-12-30-17-18-34-25(20-30)24-1-2-24/h3-4,10-11,22,24-25H,1-2,5-9,12-20H2. The van der Waals surface area contributed by atoms with Crippen molar-refractivity contribution >= 4 is 5.91 Å². The Bertz CT molecular complexity index is 852. The van der Waals surface area contributed by atoms with Gasteiger partial charge in [0.25, 0.3) is 0 Å². The molecule has 1 unspecified atom stereocenters. The van der Waals surface area contributed by atoms with E-state index in [9.17, 15) is 10.1 Å². The Labute approximate surface area is 204 Å². The van der Waals surface area contributed by atoms with Crippen LogP contribution in [0.4, 0.5) is 0 Å². The van der Waals surface area contributed by atoms with Crippen molar-refractivity contribution in [3.8, 4) is 6.07 Å². The highest BCUT2D eigenvalue weighted by molar-refractivity contribution is 5.85. The van der Waals surface area contributed by atoms with Gasteiger partial charge in [-0.15, -0.1) is 0 Å². The smallest absolute Gasteiger partial charge is 0.243 e. The molecule has 4 heterocycles. The Hall–Kier alpha value is -2.01. The number of nitriles is 1. The lowest BCUT2D eigenvalue weighted by molar-refractivity contribution is -0.143. The molecule has 3 aliphatic heterocycles. The van der Waals surface area contributed by atoms with Gasteiger partial charge in [0.05, 0.1) is 18.8 Å². The van der Waals surface area contributed by atoms with E-state index in [1.807, 2.05) is 29.4 Å². The fourth-order valence-electron chi connectivity index (χ4n) is 5.99. The van der Waals surface area contributed by atoms with Crippen LogP contribution in [0.2, 0.25) is 0 Å². The number of amides is 1. The molecule has 1 saturated carbocycles. The average molecular weight is 466 g/mol. The van der Waals surface area contributed by atoms with Crippen LogP contribution in [0.3, 0.4) is 0 Å². The molecule has 3 saturated heterocycles. The molecule has 7 heteroatoms. The summed E-state index contributed by atoms with van der Waals surface area (Å²) in [5.74, 6) is 1.58. The van der Waals surface area contributed by atoms with Crippen molar-refractivity contribution in [3.05, 3.63) is 30.1 Å². The summed E-state index contributed by atoms with van der Waals surface area (Å²) in [6, 6.07) is 6.52. The number of rotatable bonds is 7. The summed E-state index contributed by atoms with van der Waals surface area (Å²) >= 11 is 0. The highest BCUT2D eigenvalue weighted by atomic mass is 16.5. The van der Waals surface area contributed by atoms with Gasteiger partial charge in [-0.25, -0.2) is 0 Å². The van der Waals surface area contributed by atoms with Gasteiger partial charge in [-0.3, -0.25) is 19.6 Å². The molecule has 34 heavy (non-hydrogen) atoms. The molecule has 0 bridgehead atoms. The molecule has 0 spiro atoms. The molecule has 0 radical (unpaired) electrons. The van der Waals surface area contributed by atoms with E-state index in [1.165, 1.54) is 24.8 Å². The summed E-state index contributed by atoms with van der Waals surface area (Å²) in [5.41, 5.74) is 0.390. The largest absolute Gasteiger partial charge is 0.375 e. The van der Waals surface area contributed by atoms with Gasteiger partial charge in [0, 0.05) is 58.2 Å². The summed E-state index contributed by atoms with van der Waals surface area (Å²) in [7, 11) is 0. The lowest BCUT2D eigenvalue weighted by Crippen LogP contribution is -2.51. The Morgan fingerprint density at radius 1 is 1.06 bits per heavy atom. The van der Waals surface area contributed by atoms with Crippen LogP contribution >= 0.6 is 0 Å². The summed E-state index contributed by atoms with van der Waals surface area (Å²) < 4.78 is 5.96. The predicted octanol–water partition coefficient (Wildman–Crippen LogP) is 2.93. The van der Waals surface area contributed by atoms with E-state index in [-0.39, 0.29) is 5.91 Å². The van der Waals surface area contributed by atoms with E-state index in [1.54, 1.807) is 0 Å². The first-order valence-corrected chi connectivity index (χ1v) is 13.3. The zero-order chi connectivity index (χ0) is 23.4. The van der Waals surface area contributed by atoms with Crippen LogP contribution in [0, 0.1) is 28.6 Å². The van der Waals surface area contributed by atoms with E-state index in [0.29, 0.717) is 24.9 Å². The van der Waals surface area contributed by atoms with Crippen molar-refractivity contribution < 1.29 is 9.53 Å². The zero-order valence-corrected chi connectivity index (χ0v) is 20.4. The molecule has 0 aromatic carbocycles. The Balaban J connectivity index is 1.06. The molecule has 1 aromatic rings. The van der Waals surface area contributed by atoms with E-state index in [4.69, 9.17) is 4.74 Å². The minimum atomic E-state index is -0.840. The van der Waals surface area contributed by atoms with Crippen LogP contribution in [0.15, 0.2) is 24.5 Å². The number of nitrogens with zero attached hydrogens (tertiary/aromatic N) is 5. The minimum absolute atomic E-state index is 0.0810. The first-order chi connectivity index (χ1) is 16.6. The van der Waals surface area contributed by atoms with Crippen LogP contribution in [-0.2, 0) is 16.1 Å². The van der Waals surface area contributed by atoms with Crippen LogP contribution in [0.25, 0.3) is 0 Å². The molecule has 7 nitrogen and oxygen atoms in total. The van der Waals surface area contributed by atoms with Crippen molar-refractivity contribution in [3.63, 3.8) is 0 Å². The highest BCUT2D eigenvalue weighted by Gasteiger charge is 2.44. The number of carbonyl (C=O) groups is 1. The van der Waals surface area contributed by atoms with Crippen molar-refractivity contribution in [1.82, 2.24) is 19.7 Å². The molecule has 1 aromatic heterocycles. The summed E-state index contributed by atoms with van der Waals surface area (Å²) in [4.78, 5) is 24.5. The number of hydrogen-bond donors (Lipinski definition) is 0. The van der Waals surface area contributed by atoms with Crippen molar-refractivity contribution in [1.29, 1.82) is 5.26 Å². The summed E-state index contributed by atoms with van der Waals surface area (Å²) in [6.07, 6.45) is 11.4. The average Bonchev–Trinajstić information content (AvgIpc) is 3.75. The molecule has 5 rings (SSSR count). The predicted molar refractivity (Wildman–Crippen MR) is 130 cm³/mol. The van der Waals surface area contributed by atoms with Gasteiger partial charge in [-0.05, 0) is 81.0 Å². The number of morpholine rings is 1. The van der Waals surface area contributed by atoms with Gasteiger partial charge >= 0.3 is 0 Å². The molecule has 4 aliphatic rings. The van der Waals surface area contributed by atoms with Gasteiger partial charge in [0.1, 0.15) is 5.41 Å².